The third-order valence-corrected chi connectivity index (χ3v) is 8.11. The molecule has 3 aromatic carbocycles. The molecule has 1 aliphatic carbocycles. The summed E-state index contributed by atoms with van der Waals surface area (Å²) in [5.41, 5.74) is 9.97. The van der Waals surface area contributed by atoms with E-state index in [-0.39, 0.29) is 29.8 Å². The molecule has 4 N–H and O–H groups in total. The van der Waals surface area contributed by atoms with Crippen molar-refractivity contribution in [3.05, 3.63) is 94.0 Å². The van der Waals surface area contributed by atoms with Gasteiger partial charge in [0.25, 0.3) is 17.7 Å². The first kappa shape index (κ1) is 28.6. The maximum atomic E-state index is 13.3. The van der Waals surface area contributed by atoms with Crippen LogP contribution >= 0.6 is 11.6 Å². The summed E-state index contributed by atoms with van der Waals surface area (Å²) in [5, 5.41) is 6.72. The van der Waals surface area contributed by atoms with Crippen molar-refractivity contribution < 1.29 is 14.4 Å². The minimum Gasteiger partial charge on any atom is -0.366 e. The van der Waals surface area contributed by atoms with Crippen molar-refractivity contribution >= 4 is 40.7 Å². The van der Waals surface area contributed by atoms with Crippen LogP contribution in [0.25, 0.3) is 0 Å². The molecule has 1 aliphatic heterocycles. The minimum atomic E-state index is -0.247. The van der Waals surface area contributed by atoms with Crippen LogP contribution < -0.4 is 21.3 Å². The van der Waals surface area contributed by atoms with Gasteiger partial charge in [0.2, 0.25) is 0 Å². The van der Waals surface area contributed by atoms with Gasteiger partial charge in [-0.25, -0.2) is 0 Å². The minimum absolute atomic E-state index is 0.0594. The average molecular weight is 574 g/mol. The zero-order chi connectivity index (χ0) is 28.9. The Kier molecular flexibility index (Phi) is 8.90. The van der Waals surface area contributed by atoms with Crippen molar-refractivity contribution in [2.75, 3.05) is 36.4 Å². The lowest BCUT2D eigenvalue weighted by atomic mass is 9.91. The second-order valence-corrected chi connectivity index (χ2v) is 11.4. The molecule has 0 unspecified atom stereocenters. The molecule has 0 radical (unpaired) electrons. The van der Waals surface area contributed by atoms with E-state index in [9.17, 15) is 14.4 Å². The average Bonchev–Trinajstić information content (AvgIpc) is 2.98. The second kappa shape index (κ2) is 12.7. The molecule has 41 heavy (non-hydrogen) atoms. The highest BCUT2D eigenvalue weighted by Crippen LogP contribution is 2.30. The van der Waals surface area contributed by atoms with Gasteiger partial charge < -0.3 is 26.2 Å². The Balaban J connectivity index is 1.34. The number of benzene rings is 3. The zero-order valence-corrected chi connectivity index (χ0v) is 24.0. The second-order valence-electron chi connectivity index (χ2n) is 10.9. The highest BCUT2D eigenvalue weighted by Gasteiger charge is 2.26. The van der Waals surface area contributed by atoms with Gasteiger partial charge in [-0.1, -0.05) is 35.4 Å². The third-order valence-electron chi connectivity index (χ3n) is 7.87. The molecule has 0 atom stereocenters. The Labute approximate surface area is 245 Å². The van der Waals surface area contributed by atoms with Crippen molar-refractivity contribution in [2.24, 2.45) is 5.73 Å². The van der Waals surface area contributed by atoms with E-state index in [1.165, 1.54) is 0 Å². The SMILES string of the molecule is Cc1cccc(C(=O)Nc2cc(C(=O)NC3CCC(N)CC3)ccc2N2CCN(C(=O)c3cccc(Cl)c3)CC2)c1. The summed E-state index contributed by atoms with van der Waals surface area (Å²) in [7, 11) is 0. The molecule has 2 fully saturated rings. The highest BCUT2D eigenvalue weighted by molar-refractivity contribution is 6.31. The Hall–Kier alpha value is -3.88. The number of carbonyl (C=O) groups is 3. The topological polar surface area (TPSA) is 108 Å². The molecule has 5 rings (SSSR count). The van der Waals surface area contributed by atoms with E-state index >= 15 is 0 Å². The van der Waals surface area contributed by atoms with Gasteiger partial charge >= 0.3 is 0 Å². The fourth-order valence-electron chi connectivity index (χ4n) is 5.52. The maximum absolute atomic E-state index is 13.3. The molecular weight excluding hydrogens is 538 g/mol. The normalized spacial score (nSPS) is 19.0. The first-order valence-corrected chi connectivity index (χ1v) is 14.5. The van der Waals surface area contributed by atoms with Crippen LogP contribution in [0.4, 0.5) is 11.4 Å². The van der Waals surface area contributed by atoms with E-state index in [1.807, 2.05) is 36.1 Å². The smallest absolute Gasteiger partial charge is 0.255 e. The van der Waals surface area contributed by atoms with E-state index in [4.69, 9.17) is 17.3 Å². The summed E-state index contributed by atoms with van der Waals surface area (Å²) < 4.78 is 0. The lowest BCUT2D eigenvalue weighted by Gasteiger charge is -2.37. The zero-order valence-electron chi connectivity index (χ0n) is 23.2. The molecule has 2 aliphatic rings. The number of nitrogens with one attached hydrogen (secondary N) is 2. The summed E-state index contributed by atoms with van der Waals surface area (Å²) in [6.45, 7) is 4.13. The first-order valence-electron chi connectivity index (χ1n) is 14.1. The monoisotopic (exact) mass is 573 g/mol. The lowest BCUT2D eigenvalue weighted by Crippen LogP contribution is -2.49. The number of hydrogen-bond donors (Lipinski definition) is 3. The molecule has 0 bridgehead atoms. The highest BCUT2D eigenvalue weighted by atomic mass is 35.5. The van der Waals surface area contributed by atoms with Gasteiger partial charge in [0.1, 0.15) is 0 Å². The van der Waals surface area contributed by atoms with Crippen LogP contribution in [0.3, 0.4) is 0 Å². The predicted molar refractivity (Wildman–Crippen MR) is 163 cm³/mol. The molecule has 9 heteroatoms. The summed E-state index contributed by atoms with van der Waals surface area (Å²) in [5.74, 6) is -0.473. The number of hydrogen-bond acceptors (Lipinski definition) is 5. The Morgan fingerprint density at radius 1 is 0.805 bits per heavy atom. The van der Waals surface area contributed by atoms with Gasteiger partial charge in [0.05, 0.1) is 11.4 Å². The largest absolute Gasteiger partial charge is 0.366 e. The summed E-state index contributed by atoms with van der Waals surface area (Å²) in [6.07, 6.45) is 3.52. The quantitative estimate of drug-likeness (QED) is 0.390. The number of piperazine rings is 1. The molecule has 1 heterocycles. The molecule has 0 spiro atoms. The predicted octanol–water partition coefficient (Wildman–Crippen LogP) is 4.86. The number of nitrogens with zero attached hydrogens (tertiary/aromatic N) is 2. The number of nitrogens with two attached hydrogens (primary N) is 1. The van der Waals surface area contributed by atoms with Crippen molar-refractivity contribution in [3.8, 4) is 0 Å². The summed E-state index contributed by atoms with van der Waals surface area (Å²) >= 11 is 6.09. The molecule has 1 saturated carbocycles. The van der Waals surface area contributed by atoms with E-state index in [0.29, 0.717) is 53.6 Å². The fraction of sp³-hybridized carbons (Fsp3) is 0.344. The molecule has 3 amide bonds. The van der Waals surface area contributed by atoms with E-state index in [0.717, 1.165) is 36.9 Å². The van der Waals surface area contributed by atoms with Gasteiger partial charge in [-0.3, -0.25) is 14.4 Å². The lowest BCUT2D eigenvalue weighted by molar-refractivity contribution is 0.0746. The van der Waals surface area contributed by atoms with E-state index in [1.54, 1.807) is 42.5 Å². The van der Waals surface area contributed by atoms with Gasteiger partial charge in [0.15, 0.2) is 0 Å². The van der Waals surface area contributed by atoms with Crippen LogP contribution in [0, 0.1) is 6.92 Å². The van der Waals surface area contributed by atoms with Crippen LogP contribution in [0.1, 0.15) is 62.3 Å². The summed E-state index contributed by atoms with van der Waals surface area (Å²) in [6, 6.07) is 20.1. The standard InChI is InChI=1S/C32H36ClN5O3/c1-21-4-2-5-22(18-21)31(40)36-28-20-23(30(39)35-27-11-9-26(34)10-12-27)8-13-29(28)37-14-16-38(17-15-37)32(41)24-6-3-7-25(33)19-24/h2-8,13,18-20,26-27H,9-12,14-17,34H2,1H3,(H,35,39)(H,36,40). The Morgan fingerprint density at radius 3 is 2.20 bits per heavy atom. The van der Waals surface area contributed by atoms with Crippen LogP contribution in [0.2, 0.25) is 5.02 Å². The molecule has 3 aromatic rings. The van der Waals surface area contributed by atoms with Gasteiger partial charge in [-0.2, -0.15) is 0 Å². The van der Waals surface area contributed by atoms with Crippen molar-refractivity contribution in [1.82, 2.24) is 10.2 Å². The number of carbonyl (C=O) groups excluding carboxylic acids is 3. The molecule has 8 nitrogen and oxygen atoms in total. The van der Waals surface area contributed by atoms with Crippen LogP contribution in [0.15, 0.2) is 66.7 Å². The molecular formula is C32H36ClN5O3. The maximum Gasteiger partial charge on any atom is 0.255 e. The van der Waals surface area contributed by atoms with E-state index in [2.05, 4.69) is 15.5 Å². The molecule has 214 valence electrons. The number of halogens is 1. The Morgan fingerprint density at radius 2 is 1.49 bits per heavy atom. The van der Waals surface area contributed by atoms with E-state index < -0.39 is 0 Å². The third kappa shape index (κ3) is 7.07. The molecule has 1 saturated heterocycles. The number of aryl methyl sites for hydroxylation is 1. The van der Waals surface area contributed by atoms with Gasteiger partial charge in [-0.05, 0) is 81.1 Å². The van der Waals surface area contributed by atoms with Crippen molar-refractivity contribution in [1.29, 1.82) is 0 Å². The van der Waals surface area contributed by atoms with Gasteiger partial charge in [0, 0.05) is 60.0 Å². The van der Waals surface area contributed by atoms with Crippen LogP contribution in [-0.4, -0.2) is 60.9 Å². The van der Waals surface area contributed by atoms with Crippen molar-refractivity contribution in [2.45, 2.75) is 44.7 Å². The Bertz CT molecular complexity index is 1430. The van der Waals surface area contributed by atoms with Crippen molar-refractivity contribution in [3.63, 3.8) is 0 Å². The first-order chi connectivity index (χ1) is 19.8. The van der Waals surface area contributed by atoms with Crippen LogP contribution in [-0.2, 0) is 0 Å². The summed E-state index contributed by atoms with van der Waals surface area (Å²) in [4.78, 5) is 43.4. The number of anilines is 2. The van der Waals surface area contributed by atoms with Gasteiger partial charge in [-0.15, -0.1) is 0 Å². The van der Waals surface area contributed by atoms with Crippen LogP contribution in [0.5, 0.6) is 0 Å². The number of amides is 3. The fourth-order valence-corrected chi connectivity index (χ4v) is 5.71. The number of rotatable bonds is 6. The molecule has 0 aromatic heterocycles.